The third kappa shape index (κ3) is 4.39. The minimum atomic E-state index is -0.165. The van der Waals surface area contributed by atoms with Gasteiger partial charge in [0.05, 0.1) is 29.1 Å². The molecule has 4 rings (SSSR count). The molecule has 0 radical (unpaired) electrons. The summed E-state index contributed by atoms with van der Waals surface area (Å²) >= 11 is 2.83. The van der Waals surface area contributed by atoms with Crippen molar-refractivity contribution in [3.63, 3.8) is 0 Å². The molecule has 8 heteroatoms. The number of para-hydroxylation sites is 1. The predicted octanol–water partition coefficient (Wildman–Crippen LogP) is 4.01. The number of carbonyl (C=O) groups excluding carboxylic acids is 1. The first-order valence-electron chi connectivity index (χ1n) is 9.50. The molecule has 0 spiro atoms. The number of aromatic nitrogens is 2. The number of fused-ring (bicyclic) bond motifs is 1. The molecule has 1 aliphatic heterocycles. The summed E-state index contributed by atoms with van der Waals surface area (Å²) in [6, 6.07) is 16.6. The molecule has 2 heterocycles. The second kappa shape index (κ2) is 8.97. The van der Waals surface area contributed by atoms with E-state index in [-0.39, 0.29) is 17.2 Å². The quantitative estimate of drug-likeness (QED) is 0.462. The molecule has 0 aliphatic carbocycles. The van der Waals surface area contributed by atoms with Crippen molar-refractivity contribution in [2.75, 3.05) is 18.2 Å². The molecule has 2 aromatic carbocycles. The second-order valence-electron chi connectivity index (χ2n) is 6.84. The Labute approximate surface area is 183 Å². The minimum Gasteiger partial charge on any atom is -0.497 e. The van der Waals surface area contributed by atoms with Crippen LogP contribution in [0, 0.1) is 0 Å². The van der Waals surface area contributed by atoms with Crippen LogP contribution in [-0.4, -0.2) is 33.6 Å². The predicted molar refractivity (Wildman–Crippen MR) is 121 cm³/mol. The van der Waals surface area contributed by atoms with E-state index in [9.17, 15) is 9.59 Å². The van der Waals surface area contributed by atoms with E-state index in [1.54, 1.807) is 47.7 Å². The molecule has 0 fully saturated rings. The van der Waals surface area contributed by atoms with E-state index in [4.69, 9.17) is 9.72 Å². The van der Waals surface area contributed by atoms with Crippen LogP contribution in [0.25, 0.3) is 5.69 Å². The van der Waals surface area contributed by atoms with Crippen LogP contribution in [0.5, 0.6) is 5.75 Å². The van der Waals surface area contributed by atoms with Gasteiger partial charge in [-0.25, -0.2) is 4.98 Å². The normalized spacial score (nSPS) is 14.9. The maximum Gasteiger partial charge on any atom is 0.272 e. The molecule has 0 bridgehead atoms. The summed E-state index contributed by atoms with van der Waals surface area (Å²) in [7, 11) is 1.60. The van der Waals surface area contributed by atoms with Crippen molar-refractivity contribution in [2.45, 2.75) is 28.6 Å². The Morgan fingerprint density at radius 2 is 1.97 bits per heavy atom. The van der Waals surface area contributed by atoms with Gasteiger partial charge >= 0.3 is 0 Å². The highest BCUT2D eigenvalue weighted by molar-refractivity contribution is 8.00. The van der Waals surface area contributed by atoms with Crippen LogP contribution in [0.4, 0.5) is 5.69 Å². The van der Waals surface area contributed by atoms with Crippen molar-refractivity contribution >= 4 is 35.1 Å². The lowest BCUT2D eigenvalue weighted by molar-refractivity contribution is -0.113. The van der Waals surface area contributed by atoms with Gasteiger partial charge in [0.25, 0.3) is 5.56 Å². The number of methoxy groups -OCH3 is 1. The number of ether oxygens (including phenoxy) is 1. The Balaban J connectivity index is 1.57. The number of benzene rings is 2. The minimum absolute atomic E-state index is 0.0707. The number of carbonyl (C=O) groups is 1. The fraction of sp³-hybridized carbons (Fsp3) is 0.227. The Morgan fingerprint density at radius 3 is 2.67 bits per heavy atom. The van der Waals surface area contributed by atoms with E-state index >= 15 is 0 Å². The lowest BCUT2D eigenvalue weighted by Crippen LogP contribution is -2.24. The monoisotopic (exact) mass is 439 g/mol. The van der Waals surface area contributed by atoms with Crippen molar-refractivity contribution in [3.8, 4) is 11.4 Å². The highest BCUT2D eigenvalue weighted by atomic mass is 32.2. The highest BCUT2D eigenvalue weighted by Crippen LogP contribution is 2.34. The zero-order valence-corrected chi connectivity index (χ0v) is 18.3. The van der Waals surface area contributed by atoms with Gasteiger partial charge < -0.3 is 10.1 Å². The number of amides is 1. The zero-order valence-electron chi connectivity index (χ0n) is 16.6. The van der Waals surface area contributed by atoms with Crippen LogP contribution in [0.15, 0.2) is 69.4 Å². The Bertz CT molecular complexity index is 1110. The Hall–Kier alpha value is -2.71. The standard InChI is InChI=1S/C22H21N3O3S2/c1-14-12-18-20(30-14)21(27)25(16-6-4-3-5-7-16)22(24-18)29-13-19(26)23-15-8-10-17(28-2)11-9-15/h3-11,14H,12-13H2,1-2H3,(H,23,26). The van der Waals surface area contributed by atoms with Crippen molar-refractivity contribution in [1.29, 1.82) is 0 Å². The number of rotatable bonds is 6. The molecule has 154 valence electrons. The van der Waals surface area contributed by atoms with E-state index in [2.05, 4.69) is 12.2 Å². The number of hydrogen-bond acceptors (Lipinski definition) is 6. The van der Waals surface area contributed by atoms with Gasteiger partial charge in [0.15, 0.2) is 5.16 Å². The molecule has 6 nitrogen and oxygen atoms in total. The molecule has 1 amide bonds. The van der Waals surface area contributed by atoms with Crippen LogP contribution in [0.2, 0.25) is 0 Å². The largest absolute Gasteiger partial charge is 0.497 e. The number of nitrogens with one attached hydrogen (secondary N) is 1. The van der Waals surface area contributed by atoms with E-state index in [1.165, 1.54) is 11.8 Å². The number of hydrogen-bond donors (Lipinski definition) is 1. The molecule has 0 saturated carbocycles. The van der Waals surface area contributed by atoms with Crippen molar-refractivity contribution in [2.24, 2.45) is 0 Å². The molecule has 1 aromatic heterocycles. The lowest BCUT2D eigenvalue weighted by atomic mass is 10.2. The van der Waals surface area contributed by atoms with Crippen LogP contribution >= 0.6 is 23.5 Å². The molecule has 30 heavy (non-hydrogen) atoms. The first-order chi connectivity index (χ1) is 14.5. The van der Waals surface area contributed by atoms with Crippen molar-refractivity contribution in [3.05, 3.63) is 70.6 Å². The average Bonchev–Trinajstić information content (AvgIpc) is 3.14. The summed E-state index contributed by atoms with van der Waals surface area (Å²) in [4.78, 5) is 31.1. The smallest absolute Gasteiger partial charge is 0.272 e. The fourth-order valence-corrected chi connectivity index (χ4v) is 5.13. The van der Waals surface area contributed by atoms with E-state index in [1.807, 2.05) is 30.3 Å². The second-order valence-corrected chi connectivity index (χ2v) is 9.24. The van der Waals surface area contributed by atoms with Gasteiger partial charge in [0.1, 0.15) is 5.75 Å². The van der Waals surface area contributed by atoms with Crippen LogP contribution in [-0.2, 0) is 11.2 Å². The summed E-state index contributed by atoms with van der Waals surface area (Å²) in [5.41, 5.74) is 2.19. The van der Waals surface area contributed by atoms with Crippen LogP contribution in [0.1, 0.15) is 12.6 Å². The first kappa shape index (κ1) is 20.6. The van der Waals surface area contributed by atoms with Gasteiger partial charge in [-0.2, -0.15) is 0 Å². The van der Waals surface area contributed by atoms with Crippen molar-refractivity contribution in [1.82, 2.24) is 9.55 Å². The van der Waals surface area contributed by atoms with Gasteiger partial charge in [-0.15, -0.1) is 11.8 Å². The van der Waals surface area contributed by atoms with E-state index < -0.39 is 0 Å². The van der Waals surface area contributed by atoms with Gasteiger partial charge in [-0.3, -0.25) is 14.2 Å². The van der Waals surface area contributed by atoms with Crippen LogP contribution < -0.4 is 15.6 Å². The Morgan fingerprint density at radius 1 is 1.23 bits per heavy atom. The average molecular weight is 440 g/mol. The van der Waals surface area contributed by atoms with Gasteiger partial charge in [-0.1, -0.05) is 36.9 Å². The third-order valence-corrected chi connectivity index (χ3v) is 6.76. The molecule has 1 aliphatic rings. The first-order valence-corrected chi connectivity index (χ1v) is 11.4. The zero-order chi connectivity index (χ0) is 21.1. The molecule has 1 unspecified atom stereocenters. The van der Waals surface area contributed by atoms with Gasteiger partial charge in [0.2, 0.25) is 5.91 Å². The number of nitrogens with zero attached hydrogens (tertiary/aromatic N) is 2. The molecule has 1 atom stereocenters. The number of anilines is 1. The fourth-order valence-electron chi connectivity index (χ4n) is 3.20. The molecular weight excluding hydrogens is 418 g/mol. The Kier molecular flexibility index (Phi) is 6.15. The topological polar surface area (TPSA) is 73.2 Å². The molecule has 1 N–H and O–H groups in total. The lowest BCUT2D eigenvalue weighted by Gasteiger charge is -2.13. The summed E-state index contributed by atoms with van der Waals surface area (Å²) in [5.74, 6) is 0.707. The summed E-state index contributed by atoms with van der Waals surface area (Å²) < 4.78 is 6.74. The van der Waals surface area contributed by atoms with E-state index in [0.29, 0.717) is 21.0 Å². The molecular formula is C22H21N3O3S2. The summed E-state index contributed by atoms with van der Waals surface area (Å²) in [5, 5.41) is 3.72. The molecule has 3 aromatic rings. The summed E-state index contributed by atoms with van der Waals surface area (Å²) in [6.45, 7) is 2.09. The van der Waals surface area contributed by atoms with Gasteiger partial charge in [0, 0.05) is 17.4 Å². The maximum absolute atomic E-state index is 13.2. The van der Waals surface area contributed by atoms with Gasteiger partial charge in [-0.05, 0) is 36.4 Å². The van der Waals surface area contributed by atoms with Crippen LogP contribution in [0.3, 0.4) is 0 Å². The van der Waals surface area contributed by atoms with Crippen molar-refractivity contribution < 1.29 is 9.53 Å². The SMILES string of the molecule is COc1ccc(NC(=O)CSc2nc3c(c(=O)n2-c2ccccc2)SC(C)C3)cc1. The third-order valence-electron chi connectivity index (χ3n) is 4.60. The molecule has 0 saturated heterocycles. The maximum atomic E-state index is 13.2. The summed E-state index contributed by atoms with van der Waals surface area (Å²) in [6.07, 6.45) is 0.760. The number of thioether (sulfide) groups is 2. The highest BCUT2D eigenvalue weighted by Gasteiger charge is 2.27. The van der Waals surface area contributed by atoms with E-state index in [0.717, 1.165) is 23.6 Å².